The van der Waals surface area contributed by atoms with Crippen molar-refractivity contribution in [2.24, 2.45) is 0 Å². The van der Waals surface area contributed by atoms with Crippen LogP contribution in [0.3, 0.4) is 0 Å². The zero-order chi connectivity index (χ0) is 8.97. The molecule has 1 atom stereocenters. The van der Waals surface area contributed by atoms with E-state index in [4.69, 9.17) is 0 Å². The molecule has 0 aromatic rings. The Kier molecular flexibility index (Phi) is 3.35. The summed E-state index contributed by atoms with van der Waals surface area (Å²) in [6.07, 6.45) is 7.00. The number of allylic oxidation sites excluding steroid dienone is 2. The molecule has 1 rings (SSSR count). The van der Waals surface area contributed by atoms with Gasteiger partial charge in [-0.05, 0) is 32.1 Å². The van der Waals surface area contributed by atoms with Gasteiger partial charge in [0.1, 0.15) is 0 Å². The number of piperidine rings is 1. The summed E-state index contributed by atoms with van der Waals surface area (Å²) in [6, 6.07) is 0.268. The maximum Gasteiger partial charge on any atom is 0.0562 e. The molecule has 1 saturated heterocycles. The largest absolute Gasteiger partial charge is 0.288 e. The third-order valence-corrected chi connectivity index (χ3v) is 2.38. The maximum atomic E-state index is 9.56. The third kappa shape index (κ3) is 2.11. The van der Waals surface area contributed by atoms with Gasteiger partial charge >= 0.3 is 0 Å². The summed E-state index contributed by atoms with van der Waals surface area (Å²) in [5, 5.41) is 10.9. The third-order valence-electron chi connectivity index (χ3n) is 2.38. The molecular weight excluding hydrogens is 150 g/mol. The van der Waals surface area contributed by atoms with Crippen molar-refractivity contribution in [2.75, 3.05) is 0 Å². The van der Waals surface area contributed by atoms with E-state index in [1.807, 2.05) is 6.08 Å². The van der Waals surface area contributed by atoms with Gasteiger partial charge in [-0.25, -0.2) is 0 Å². The molecule has 0 aromatic carbocycles. The summed E-state index contributed by atoms with van der Waals surface area (Å²) in [4.78, 5) is 0. The lowest BCUT2D eigenvalue weighted by Crippen LogP contribution is -2.34. The van der Waals surface area contributed by atoms with Crippen molar-refractivity contribution in [3.05, 3.63) is 24.9 Å². The molecule has 2 heteroatoms. The predicted molar refractivity (Wildman–Crippen MR) is 49.8 cm³/mol. The Morgan fingerprint density at radius 1 is 1.67 bits per heavy atom. The zero-order valence-corrected chi connectivity index (χ0v) is 7.50. The maximum absolute atomic E-state index is 9.56. The van der Waals surface area contributed by atoms with Gasteiger partial charge in [-0.2, -0.15) is 0 Å². The minimum Gasteiger partial charge on any atom is -0.288 e. The number of hydrogen-bond acceptors (Lipinski definition) is 2. The SMILES string of the molecule is C=CCCC1CCCC(=C)N1O. The lowest BCUT2D eigenvalue weighted by Gasteiger charge is -2.33. The second kappa shape index (κ2) is 4.31. The van der Waals surface area contributed by atoms with Crippen LogP contribution < -0.4 is 0 Å². The Morgan fingerprint density at radius 2 is 2.42 bits per heavy atom. The molecule has 1 fully saturated rings. The Balaban J connectivity index is 2.40. The first-order chi connectivity index (χ1) is 5.75. The second-order valence-electron chi connectivity index (χ2n) is 3.32. The van der Waals surface area contributed by atoms with Crippen LogP contribution in [-0.4, -0.2) is 16.3 Å². The molecule has 68 valence electrons. The van der Waals surface area contributed by atoms with Crippen LogP contribution in [-0.2, 0) is 0 Å². The van der Waals surface area contributed by atoms with Gasteiger partial charge in [-0.1, -0.05) is 12.7 Å². The standard InChI is InChI=1S/C10H17NO/c1-3-4-7-10-8-5-6-9(2)11(10)12/h3,10,12H,1-2,4-8H2. The van der Waals surface area contributed by atoms with Gasteiger partial charge in [0.15, 0.2) is 0 Å². The van der Waals surface area contributed by atoms with Gasteiger partial charge < -0.3 is 0 Å². The van der Waals surface area contributed by atoms with E-state index in [0.717, 1.165) is 37.8 Å². The molecule has 1 aliphatic heterocycles. The van der Waals surface area contributed by atoms with Gasteiger partial charge in [0.05, 0.1) is 6.04 Å². The number of hydroxylamine groups is 2. The van der Waals surface area contributed by atoms with E-state index in [0.29, 0.717) is 0 Å². The summed E-state index contributed by atoms with van der Waals surface area (Å²) in [7, 11) is 0. The molecule has 0 saturated carbocycles. The Labute approximate surface area is 74.1 Å². The van der Waals surface area contributed by atoms with Crippen LogP contribution >= 0.6 is 0 Å². The van der Waals surface area contributed by atoms with Gasteiger partial charge in [-0.15, -0.1) is 6.58 Å². The summed E-state index contributed by atoms with van der Waals surface area (Å²) < 4.78 is 0. The minimum absolute atomic E-state index is 0.268. The summed E-state index contributed by atoms with van der Waals surface area (Å²) in [5.41, 5.74) is 0.857. The highest BCUT2D eigenvalue weighted by molar-refractivity contribution is 4.96. The molecule has 1 aliphatic rings. The number of rotatable bonds is 3. The van der Waals surface area contributed by atoms with Crippen molar-refractivity contribution in [3.63, 3.8) is 0 Å². The smallest absolute Gasteiger partial charge is 0.0562 e. The Hall–Kier alpha value is -0.760. The van der Waals surface area contributed by atoms with Gasteiger partial charge in [0, 0.05) is 5.70 Å². The first-order valence-corrected chi connectivity index (χ1v) is 4.52. The van der Waals surface area contributed by atoms with Crippen LogP contribution in [0.2, 0.25) is 0 Å². The molecule has 0 spiro atoms. The molecule has 0 aliphatic carbocycles. The van der Waals surface area contributed by atoms with Crippen LogP contribution in [0.1, 0.15) is 32.1 Å². The molecule has 1 N–H and O–H groups in total. The van der Waals surface area contributed by atoms with Crippen LogP contribution in [0.15, 0.2) is 24.9 Å². The molecule has 1 unspecified atom stereocenters. The second-order valence-corrected chi connectivity index (χ2v) is 3.32. The Bertz CT molecular complexity index is 177. The van der Waals surface area contributed by atoms with E-state index in [-0.39, 0.29) is 6.04 Å². The molecule has 0 amide bonds. The Morgan fingerprint density at radius 3 is 3.08 bits per heavy atom. The summed E-state index contributed by atoms with van der Waals surface area (Å²) in [5.74, 6) is 0. The van der Waals surface area contributed by atoms with Crippen molar-refractivity contribution in [3.8, 4) is 0 Å². The van der Waals surface area contributed by atoms with E-state index in [1.165, 1.54) is 5.06 Å². The molecule has 2 nitrogen and oxygen atoms in total. The fourth-order valence-electron chi connectivity index (χ4n) is 1.61. The van der Waals surface area contributed by atoms with Crippen molar-refractivity contribution in [1.82, 2.24) is 5.06 Å². The quantitative estimate of drug-likeness (QED) is 0.653. The van der Waals surface area contributed by atoms with E-state index >= 15 is 0 Å². The van der Waals surface area contributed by atoms with E-state index in [1.54, 1.807) is 0 Å². The number of hydrogen-bond donors (Lipinski definition) is 1. The molecule has 0 aromatic heterocycles. The first kappa shape index (κ1) is 9.33. The highest BCUT2D eigenvalue weighted by atomic mass is 16.5. The van der Waals surface area contributed by atoms with Gasteiger partial charge in [-0.3, -0.25) is 10.3 Å². The average Bonchev–Trinajstić information content (AvgIpc) is 2.08. The fourth-order valence-corrected chi connectivity index (χ4v) is 1.61. The molecule has 0 bridgehead atoms. The molecular formula is C10H17NO. The van der Waals surface area contributed by atoms with Gasteiger partial charge in [0.25, 0.3) is 0 Å². The minimum atomic E-state index is 0.268. The summed E-state index contributed by atoms with van der Waals surface area (Å²) >= 11 is 0. The topological polar surface area (TPSA) is 23.5 Å². The molecule has 0 radical (unpaired) electrons. The van der Waals surface area contributed by atoms with Crippen LogP contribution in [0.5, 0.6) is 0 Å². The van der Waals surface area contributed by atoms with Crippen LogP contribution in [0.4, 0.5) is 0 Å². The monoisotopic (exact) mass is 167 g/mol. The van der Waals surface area contributed by atoms with E-state index in [2.05, 4.69) is 13.2 Å². The predicted octanol–water partition coefficient (Wildman–Crippen LogP) is 2.71. The highest BCUT2D eigenvalue weighted by Crippen LogP contribution is 2.25. The zero-order valence-electron chi connectivity index (χ0n) is 7.50. The average molecular weight is 167 g/mol. The van der Waals surface area contributed by atoms with Crippen molar-refractivity contribution >= 4 is 0 Å². The van der Waals surface area contributed by atoms with E-state index in [9.17, 15) is 5.21 Å². The number of nitrogens with zero attached hydrogens (tertiary/aromatic N) is 1. The normalized spacial score (nSPS) is 24.2. The first-order valence-electron chi connectivity index (χ1n) is 4.52. The lowest BCUT2D eigenvalue weighted by molar-refractivity contribution is -0.110. The molecule has 12 heavy (non-hydrogen) atoms. The van der Waals surface area contributed by atoms with Crippen molar-refractivity contribution in [2.45, 2.75) is 38.1 Å². The van der Waals surface area contributed by atoms with E-state index < -0.39 is 0 Å². The lowest BCUT2D eigenvalue weighted by atomic mass is 9.98. The van der Waals surface area contributed by atoms with Crippen molar-refractivity contribution < 1.29 is 5.21 Å². The molecule has 1 heterocycles. The van der Waals surface area contributed by atoms with Crippen LogP contribution in [0.25, 0.3) is 0 Å². The summed E-state index contributed by atoms with van der Waals surface area (Å²) in [6.45, 7) is 7.47. The van der Waals surface area contributed by atoms with Gasteiger partial charge in [0.2, 0.25) is 0 Å². The van der Waals surface area contributed by atoms with Crippen molar-refractivity contribution in [1.29, 1.82) is 0 Å². The fraction of sp³-hybridized carbons (Fsp3) is 0.600. The van der Waals surface area contributed by atoms with Crippen LogP contribution in [0, 0.1) is 0 Å². The highest BCUT2D eigenvalue weighted by Gasteiger charge is 2.21.